The Hall–Kier alpha value is -3.28. The number of rotatable bonds is 4. The molecule has 1 atom stereocenters. The maximum absolute atomic E-state index is 13.8. The van der Waals surface area contributed by atoms with Crippen molar-refractivity contribution in [3.8, 4) is 5.75 Å². The summed E-state index contributed by atoms with van der Waals surface area (Å²) in [5.74, 6) is 0.850. The van der Waals surface area contributed by atoms with Crippen molar-refractivity contribution in [1.82, 2.24) is 14.9 Å². The van der Waals surface area contributed by atoms with Gasteiger partial charge in [0.2, 0.25) is 0 Å². The minimum Gasteiger partial charge on any atom is -0.497 e. The standard InChI is InChI=1S/C25H28N4O2/c1-17-5-6-19(15-22(17)28-12-3-4-13-28)25(30)29-14-11-21-23(27-16-26-21)24(29)18-7-9-20(31-2)10-8-18/h5-10,15-16,24H,3-4,11-14H2,1-2H3,(H,26,27)/t24-/m0/s1. The van der Waals surface area contributed by atoms with Gasteiger partial charge >= 0.3 is 0 Å². The number of hydrogen-bond donors (Lipinski definition) is 1. The fourth-order valence-corrected chi connectivity index (χ4v) is 4.83. The molecule has 0 aliphatic carbocycles. The van der Waals surface area contributed by atoms with Crippen molar-refractivity contribution >= 4 is 11.6 Å². The molecule has 5 rings (SSSR count). The van der Waals surface area contributed by atoms with Gasteiger partial charge in [0.15, 0.2) is 0 Å². The van der Waals surface area contributed by atoms with Gasteiger partial charge in [-0.15, -0.1) is 0 Å². The third-order valence-corrected chi connectivity index (χ3v) is 6.52. The zero-order chi connectivity index (χ0) is 21.4. The normalized spacial score (nSPS) is 18.2. The molecule has 0 saturated carbocycles. The van der Waals surface area contributed by atoms with Crippen molar-refractivity contribution in [2.75, 3.05) is 31.6 Å². The molecule has 1 saturated heterocycles. The highest BCUT2D eigenvalue weighted by molar-refractivity contribution is 5.96. The molecule has 0 unspecified atom stereocenters. The first-order chi connectivity index (χ1) is 15.2. The molecule has 3 heterocycles. The lowest BCUT2D eigenvalue weighted by Gasteiger charge is -2.35. The summed E-state index contributed by atoms with van der Waals surface area (Å²) in [5, 5.41) is 0. The van der Waals surface area contributed by atoms with Gasteiger partial charge in [-0.1, -0.05) is 18.2 Å². The number of nitrogens with zero attached hydrogens (tertiary/aromatic N) is 3. The van der Waals surface area contributed by atoms with Crippen LogP contribution in [0.15, 0.2) is 48.8 Å². The molecule has 2 aliphatic heterocycles. The first-order valence-electron chi connectivity index (χ1n) is 11.0. The van der Waals surface area contributed by atoms with E-state index in [1.54, 1.807) is 13.4 Å². The Kier molecular flexibility index (Phi) is 5.14. The van der Waals surface area contributed by atoms with Crippen molar-refractivity contribution in [3.63, 3.8) is 0 Å². The molecular weight excluding hydrogens is 388 g/mol. The molecule has 6 nitrogen and oxygen atoms in total. The van der Waals surface area contributed by atoms with Gasteiger partial charge in [0, 0.05) is 43.0 Å². The van der Waals surface area contributed by atoms with E-state index in [1.807, 2.05) is 35.2 Å². The molecule has 3 aromatic rings. The Morgan fingerprint density at radius 1 is 1.10 bits per heavy atom. The van der Waals surface area contributed by atoms with E-state index in [4.69, 9.17) is 4.74 Å². The molecule has 31 heavy (non-hydrogen) atoms. The highest BCUT2D eigenvalue weighted by Gasteiger charge is 2.34. The van der Waals surface area contributed by atoms with Crippen molar-refractivity contribution < 1.29 is 9.53 Å². The number of anilines is 1. The number of aromatic amines is 1. The van der Waals surface area contributed by atoms with Gasteiger partial charge in [0.05, 0.1) is 19.1 Å². The van der Waals surface area contributed by atoms with E-state index >= 15 is 0 Å². The lowest BCUT2D eigenvalue weighted by molar-refractivity contribution is 0.0690. The van der Waals surface area contributed by atoms with Crippen LogP contribution in [0.5, 0.6) is 5.75 Å². The average Bonchev–Trinajstić information content (AvgIpc) is 3.50. The van der Waals surface area contributed by atoms with Crippen molar-refractivity contribution in [1.29, 1.82) is 0 Å². The lowest BCUT2D eigenvalue weighted by atomic mass is 9.94. The fourth-order valence-electron chi connectivity index (χ4n) is 4.83. The van der Waals surface area contributed by atoms with Crippen LogP contribution in [0.2, 0.25) is 0 Å². The van der Waals surface area contributed by atoms with Gasteiger partial charge in [0.1, 0.15) is 11.8 Å². The molecule has 160 valence electrons. The van der Waals surface area contributed by atoms with Crippen LogP contribution in [0.4, 0.5) is 5.69 Å². The van der Waals surface area contributed by atoms with Crippen LogP contribution in [0.1, 0.15) is 51.8 Å². The summed E-state index contributed by atoms with van der Waals surface area (Å²) >= 11 is 0. The zero-order valence-electron chi connectivity index (χ0n) is 18.1. The maximum atomic E-state index is 13.8. The van der Waals surface area contributed by atoms with Crippen molar-refractivity contribution in [2.45, 2.75) is 32.2 Å². The Morgan fingerprint density at radius 2 is 1.87 bits per heavy atom. The number of aromatic nitrogens is 2. The summed E-state index contributed by atoms with van der Waals surface area (Å²) in [6.07, 6.45) is 4.93. The second-order valence-corrected chi connectivity index (χ2v) is 8.39. The van der Waals surface area contributed by atoms with E-state index in [0.717, 1.165) is 47.8 Å². The van der Waals surface area contributed by atoms with Gasteiger partial charge in [-0.3, -0.25) is 4.79 Å². The Balaban J connectivity index is 1.51. The number of aryl methyl sites for hydroxylation is 1. The minimum absolute atomic E-state index is 0.0508. The minimum atomic E-state index is -0.218. The molecule has 2 aliphatic rings. The van der Waals surface area contributed by atoms with Crippen molar-refractivity contribution in [2.24, 2.45) is 0 Å². The van der Waals surface area contributed by atoms with E-state index in [2.05, 4.69) is 33.9 Å². The number of benzene rings is 2. The Labute approximate surface area is 182 Å². The molecule has 0 radical (unpaired) electrons. The lowest BCUT2D eigenvalue weighted by Crippen LogP contribution is -2.40. The van der Waals surface area contributed by atoms with Gasteiger partial charge < -0.3 is 19.5 Å². The average molecular weight is 417 g/mol. The van der Waals surface area contributed by atoms with Crippen LogP contribution in [-0.2, 0) is 6.42 Å². The molecule has 6 heteroatoms. The molecule has 2 aromatic carbocycles. The van der Waals surface area contributed by atoms with E-state index in [9.17, 15) is 4.79 Å². The molecule has 0 bridgehead atoms. The van der Waals surface area contributed by atoms with E-state index < -0.39 is 0 Å². The number of methoxy groups -OCH3 is 1. The first-order valence-corrected chi connectivity index (χ1v) is 11.0. The molecule has 1 amide bonds. The third kappa shape index (κ3) is 3.56. The summed E-state index contributed by atoms with van der Waals surface area (Å²) in [6, 6.07) is 13.8. The fraction of sp³-hybridized carbons (Fsp3) is 0.360. The number of H-pyrrole nitrogens is 1. The number of imidazole rings is 1. The number of ether oxygens (including phenoxy) is 1. The molecule has 0 spiro atoms. The van der Waals surface area contributed by atoms with Crippen molar-refractivity contribution in [3.05, 3.63) is 76.9 Å². The van der Waals surface area contributed by atoms with Crippen LogP contribution in [0.25, 0.3) is 0 Å². The summed E-state index contributed by atoms with van der Waals surface area (Å²) in [5.41, 5.74) is 6.21. The highest BCUT2D eigenvalue weighted by atomic mass is 16.5. The summed E-state index contributed by atoms with van der Waals surface area (Å²) in [4.78, 5) is 26.0. The summed E-state index contributed by atoms with van der Waals surface area (Å²) < 4.78 is 5.32. The molecule has 1 fully saturated rings. The predicted octanol–water partition coefficient (Wildman–Crippen LogP) is 4.11. The van der Waals surface area contributed by atoms with Crippen LogP contribution < -0.4 is 9.64 Å². The Morgan fingerprint density at radius 3 is 2.61 bits per heavy atom. The smallest absolute Gasteiger partial charge is 0.254 e. The monoisotopic (exact) mass is 416 g/mol. The van der Waals surface area contributed by atoms with Crippen LogP contribution in [0, 0.1) is 6.92 Å². The topological polar surface area (TPSA) is 61.5 Å². The molecule has 1 N–H and O–H groups in total. The van der Waals surface area contributed by atoms with E-state index in [1.165, 1.54) is 24.1 Å². The second kappa shape index (κ2) is 8.10. The molecule has 1 aromatic heterocycles. The SMILES string of the molecule is COc1ccc([C@H]2c3nc[nH]c3CCN2C(=O)c2ccc(C)c(N3CCCC3)c2)cc1. The van der Waals surface area contributed by atoms with Gasteiger partial charge in [0.25, 0.3) is 5.91 Å². The van der Waals surface area contributed by atoms with Crippen LogP contribution in [0.3, 0.4) is 0 Å². The van der Waals surface area contributed by atoms with Gasteiger partial charge in [-0.25, -0.2) is 4.98 Å². The third-order valence-electron chi connectivity index (χ3n) is 6.52. The highest BCUT2D eigenvalue weighted by Crippen LogP contribution is 2.36. The van der Waals surface area contributed by atoms with Gasteiger partial charge in [-0.05, 0) is 55.2 Å². The number of fused-ring (bicyclic) bond motifs is 1. The number of carbonyl (C=O) groups is 1. The van der Waals surface area contributed by atoms with Gasteiger partial charge in [-0.2, -0.15) is 0 Å². The summed E-state index contributed by atoms with van der Waals surface area (Å²) in [6.45, 7) is 4.90. The Bertz CT molecular complexity index is 1080. The number of hydrogen-bond acceptors (Lipinski definition) is 4. The molecular formula is C25H28N4O2. The predicted molar refractivity (Wildman–Crippen MR) is 121 cm³/mol. The number of nitrogens with one attached hydrogen (secondary N) is 1. The van der Waals surface area contributed by atoms with E-state index in [0.29, 0.717) is 6.54 Å². The largest absolute Gasteiger partial charge is 0.497 e. The second-order valence-electron chi connectivity index (χ2n) is 8.39. The summed E-state index contributed by atoms with van der Waals surface area (Å²) in [7, 11) is 1.66. The first kappa shape index (κ1) is 19.7. The number of amides is 1. The van der Waals surface area contributed by atoms with Crippen LogP contribution >= 0.6 is 0 Å². The quantitative estimate of drug-likeness (QED) is 0.695. The van der Waals surface area contributed by atoms with E-state index in [-0.39, 0.29) is 11.9 Å². The van der Waals surface area contributed by atoms with Crippen LogP contribution in [-0.4, -0.2) is 47.5 Å². The zero-order valence-corrected chi connectivity index (χ0v) is 18.1. The number of carbonyl (C=O) groups excluding carboxylic acids is 1. The maximum Gasteiger partial charge on any atom is 0.254 e.